The van der Waals surface area contributed by atoms with Crippen molar-refractivity contribution < 1.29 is 28.8 Å². The van der Waals surface area contributed by atoms with Gasteiger partial charge < -0.3 is 9.64 Å². The number of carbonyl (C=O) groups excluding carboxylic acids is 4. The molecule has 0 aromatic heterocycles. The van der Waals surface area contributed by atoms with Crippen LogP contribution in [0.5, 0.6) is 0 Å². The van der Waals surface area contributed by atoms with Gasteiger partial charge in [-0.3, -0.25) is 24.5 Å². The van der Waals surface area contributed by atoms with Gasteiger partial charge in [0.1, 0.15) is 11.1 Å². The number of ketones is 2. The molecule has 9 nitrogen and oxygen atoms in total. The van der Waals surface area contributed by atoms with E-state index in [1.54, 1.807) is 17.0 Å². The summed E-state index contributed by atoms with van der Waals surface area (Å²) in [4.78, 5) is 63.3. The Bertz CT molecular complexity index is 1160. The molecule has 0 saturated carbocycles. The lowest BCUT2D eigenvalue weighted by Gasteiger charge is -2.30. The molecule has 164 valence electrons. The second-order valence-electron chi connectivity index (χ2n) is 7.98. The van der Waals surface area contributed by atoms with E-state index in [2.05, 4.69) is 6.92 Å². The highest BCUT2D eigenvalue weighted by atomic mass is 16.6. The quantitative estimate of drug-likeness (QED) is 0.350. The number of nitro groups is 1. The van der Waals surface area contributed by atoms with Crippen molar-refractivity contribution >= 4 is 29.1 Å². The molecule has 1 fully saturated rings. The fraction of sp³-hybridized carbons (Fsp3) is 0.304. The number of nitro benzene ring substituents is 1. The van der Waals surface area contributed by atoms with Gasteiger partial charge in [-0.2, -0.15) is 0 Å². The van der Waals surface area contributed by atoms with Crippen LogP contribution < -0.4 is 0 Å². The minimum absolute atomic E-state index is 0.0353. The molecule has 1 aliphatic heterocycles. The number of ether oxygens (including phenoxy) is 1. The molecule has 0 bridgehead atoms. The number of amides is 1. The first-order valence-corrected chi connectivity index (χ1v) is 10.2. The van der Waals surface area contributed by atoms with Crippen molar-refractivity contribution in [3.8, 4) is 0 Å². The summed E-state index contributed by atoms with van der Waals surface area (Å²) in [7, 11) is 0. The first-order chi connectivity index (χ1) is 15.3. The molecule has 1 saturated heterocycles. The van der Waals surface area contributed by atoms with Crippen LogP contribution >= 0.6 is 0 Å². The lowest BCUT2D eigenvalue weighted by molar-refractivity contribution is -0.385. The molecule has 0 unspecified atom stereocenters. The van der Waals surface area contributed by atoms with Gasteiger partial charge in [0.15, 0.2) is 12.4 Å². The molecule has 4 rings (SSSR count). The maximum Gasteiger partial charge on any atom is 0.345 e. The topological polar surface area (TPSA) is 124 Å². The minimum Gasteiger partial charge on any atom is -0.452 e. The Kier molecular flexibility index (Phi) is 5.56. The smallest absolute Gasteiger partial charge is 0.345 e. The Morgan fingerprint density at radius 1 is 1.03 bits per heavy atom. The van der Waals surface area contributed by atoms with Gasteiger partial charge >= 0.3 is 5.97 Å². The fourth-order valence-corrected chi connectivity index (χ4v) is 4.08. The van der Waals surface area contributed by atoms with Crippen molar-refractivity contribution in [2.45, 2.75) is 19.8 Å². The Balaban J connectivity index is 1.62. The van der Waals surface area contributed by atoms with Crippen LogP contribution in [0, 0.1) is 16.0 Å². The SMILES string of the molecule is CC1CCN(C(=O)COC(=O)c2ccc3c(c2[N+](=O)[O-])C(=O)c2ccccc2C3=O)CC1. The van der Waals surface area contributed by atoms with Crippen molar-refractivity contribution in [3.63, 3.8) is 0 Å². The summed E-state index contributed by atoms with van der Waals surface area (Å²) in [5.41, 5.74) is -1.67. The summed E-state index contributed by atoms with van der Waals surface area (Å²) in [6.45, 7) is 2.66. The summed E-state index contributed by atoms with van der Waals surface area (Å²) in [6.07, 6.45) is 1.71. The molecule has 1 heterocycles. The van der Waals surface area contributed by atoms with Crippen LogP contribution in [-0.4, -0.2) is 53.0 Å². The largest absolute Gasteiger partial charge is 0.452 e. The van der Waals surface area contributed by atoms with Crippen LogP contribution in [0.15, 0.2) is 36.4 Å². The Labute approximate surface area is 183 Å². The second kappa shape index (κ2) is 8.33. The maximum absolute atomic E-state index is 13.0. The van der Waals surface area contributed by atoms with Crippen molar-refractivity contribution in [1.29, 1.82) is 0 Å². The lowest BCUT2D eigenvalue weighted by Crippen LogP contribution is -2.40. The van der Waals surface area contributed by atoms with E-state index in [1.807, 2.05) is 0 Å². The van der Waals surface area contributed by atoms with Gasteiger partial charge in [0.2, 0.25) is 5.78 Å². The highest BCUT2D eigenvalue weighted by Gasteiger charge is 2.39. The van der Waals surface area contributed by atoms with E-state index in [4.69, 9.17) is 4.74 Å². The molecular formula is C23H20N2O7. The van der Waals surface area contributed by atoms with E-state index in [1.165, 1.54) is 18.2 Å². The van der Waals surface area contributed by atoms with Gasteiger partial charge in [0, 0.05) is 29.8 Å². The first kappa shape index (κ1) is 21.4. The number of likely N-dealkylation sites (tertiary alicyclic amines) is 1. The van der Waals surface area contributed by atoms with Crippen LogP contribution in [0.1, 0.15) is 62.0 Å². The van der Waals surface area contributed by atoms with Crippen LogP contribution in [0.25, 0.3) is 0 Å². The van der Waals surface area contributed by atoms with Crippen LogP contribution in [-0.2, 0) is 9.53 Å². The highest BCUT2D eigenvalue weighted by molar-refractivity contribution is 6.30. The van der Waals surface area contributed by atoms with E-state index >= 15 is 0 Å². The molecule has 0 spiro atoms. The molecule has 0 radical (unpaired) electrons. The van der Waals surface area contributed by atoms with Gasteiger partial charge in [-0.25, -0.2) is 4.79 Å². The molecule has 0 atom stereocenters. The molecule has 2 aliphatic rings. The number of piperidine rings is 1. The number of fused-ring (bicyclic) bond motifs is 2. The monoisotopic (exact) mass is 436 g/mol. The van der Waals surface area contributed by atoms with Crippen molar-refractivity contribution in [3.05, 3.63) is 74.3 Å². The predicted octanol–water partition coefficient (Wildman–Crippen LogP) is 2.79. The maximum atomic E-state index is 13.0. The average Bonchev–Trinajstić information content (AvgIpc) is 2.80. The van der Waals surface area contributed by atoms with Crippen molar-refractivity contribution in [2.75, 3.05) is 19.7 Å². The zero-order chi connectivity index (χ0) is 23.0. The third kappa shape index (κ3) is 3.66. The van der Waals surface area contributed by atoms with E-state index in [-0.39, 0.29) is 22.6 Å². The summed E-state index contributed by atoms with van der Waals surface area (Å²) in [5.74, 6) is -2.21. The van der Waals surface area contributed by atoms with Gasteiger partial charge in [-0.15, -0.1) is 0 Å². The van der Waals surface area contributed by atoms with E-state index in [9.17, 15) is 29.3 Å². The number of hydrogen-bond acceptors (Lipinski definition) is 7. The summed E-state index contributed by atoms with van der Waals surface area (Å²) < 4.78 is 5.05. The molecule has 9 heteroatoms. The lowest BCUT2D eigenvalue weighted by atomic mass is 9.82. The third-order valence-corrected chi connectivity index (χ3v) is 5.93. The van der Waals surface area contributed by atoms with E-state index < -0.39 is 45.9 Å². The molecular weight excluding hydrogens is 416 g/mol. The summed E-state index contributed by atoms with van der Waals surface area (Å²) in [6, 6.07) is 8.32. The molecule has 32 heavy (non-hydrogen) atoms. The van der Waals surface area contributed by atoms with Gasteiger partial charge in [0.25, 0.3) is 11.6 Å². The normalized spacial score (nSPS) is 15.7. The number of hydrogen-bond donors (Lipinski definition) is 0. The minimum atomic E-state index is -1.10. The van der Waals surface area contributed by atoms with Gasteiger partial charge in [0.05, 0.1) is 4.92 Å². The van der Waals surface area contributed by atoms with Gasteiger partial charge in [-0.05, 0) is 30.9 Å². The Morgan fingerprint density at radius 2 is 1.66 bits per heavy atom. The summed E-state index contributed by atoms with van der Waals surface area (Å²) in [5, 5.41) is 11.8. The third-order valence-electron chi connectivity index (χ3n) is 5.93. The molecule has 1 amide bonds. The fourth-order valence-electron chi connectivity index (χ4n) is 4.08. The first-order valence-electron chi connectivity index (χ1n) is 10.2. The van der Waals surface area contributed by atoms with Crippen molar-refractivity contribution in [2.24, 2.45) is 5.92 Å². The predicted molar refractivity (Wildman–Crippen MR) is 112 cm³/mol. The van der Waals surface area contributed by atoms with E-state index in [0.717, 1.165) is 18.9 Å². The zero-order valence-electron chi connectivity index (χ0n) is 17.3. The zero-order valence-corrected chi connectivity index (χ0v) is 17.3. The molecule has 2 aromatic carbocycles. The van der Waals surface area contributed by atoms with Crippen molar-refractivity contribution in [1.82, 2.24) is 4.90 Å². The Morgan fingerprint density at radius 3 is 2.28 bits per heavy atom. The molecule has 1 aliphatic carbocycles. The summed E-state index contributed by atoms with van der Waals surface area (Å²) >= 11 is 0. The average molecular weight is 436 g/mol. The van der Waals surface area contributed by atoms with Crippen LogP contribution in [0.2, 0.25) is 0 Å². The van der Waals surface area contributed by atoms with Gasteiger partial charge in [-0.1, -0.05) is 31.2 Å². The number of esters is 1. The standard InChI is InChI=1S/C23H20N2O7/c1-13-8-10-24(11-9-13)18(26)12-32-23(29)17-7-6-16-19(20(17)25(30)31)22(28)15-5-3-2-4-14(15)21(16)27/h2-7,13H,8-12H2,1H3. The number of benzene rings is 2. The number of rotatable bonds is 4. The van der Waals surface area contributed by atoms with E-state index in [0.29, 0.717) is 19.0 Å². The Hall–Kier alpha value is -3.88. The molecule has 2 aromatic rings. The second-order valence-corrected chi connectivity index (χ2v) is 7.98. The highest BCUT2D eigenvalue weighted by Crippen LogP contribution is 2.35. The number of carbonyl (C=O) groups is 4. The van der Waals surface area contributed by atoms with Crippen LogP contribution in [0.4, 0.5) is 5.69 Å². The molecule has 0 N–H and O–H groups in total. The van der Waals surface area contributed by atoms with Crippen LogP contribution in [0.3, 0.4) is 0 Å². The number of nitrogens with zero attached hydrogens (tertiary/aromatic N) is 2.